The SMILES string of the molecule is C=C1/C(=C\C(=O)OCC)C[C@@H](O[Si](C)(C)C(C)(C)C)C[C@@H]1F. The highest BCUT2D eigenvalue weighted by molar-refractivity contribution is 6.74. The van der Waals surface area contributed by atoms with Gasteiger partial charge in [-0.15, -0.1) is 0 Å². The summed E-state index contributed by atoms with van der Waals surface area (Å²) in [6.07, 6.45) is 0.821. The van der Waals surface area contributed by atoms with Crippen LogP contribution in [-0.2, 0) is 14.0 Å². The van der Waals surface area contributed by atoms with Crippen molar-refractivity contribution in [2.75, 3.05) is 6.61 Å². The standard InChI is InChI=1S/C17H29FO3Si/c1-8-20-16(19)10-13-9-14(11-15(18)12(13)2)21-22(6,7)17(3,4)5/h10,14-15H,2,8-9,11H2,1,3-7H3/b13-10-/t14-,15+/m1/s1. The van der Waals surface area contributed by atoms with Crippen molar-refractivity contribution in [3.05, 3.63) is 23.8 Å². The summed E-state index contributed by atoms with van der Waals surface area (Å²) in [7, 11) is -1.97. The molecule has 0 spiro atoms. The van der Waals surface area contributed by atoms with Crippen molar-refractivity contribution < 1.29 is 18.3 Å². The van der Waals surface area contributed by atoms with E-state index in [4.69, 9.17) is 9.16 Å². The van der Waals surface area contributed by atoms with Gasteiger partial charge in [0.1, 0.15) is 6.17 Å². The molecule has 0 N–H and O–H groups in total. The first-order valence-electron chi connectivity index (χ1n) is 7.86. The summed E-state index contributed by atoms with van der Waals surface area (Å²) in [4.78, 5) is 11.6. The van der Waals surface area contributed by atoms with E-state index in [0.29, 0.717) is 30.6 Å². The molecule has 0 bridgehead atoms. The van der Waals surface area contributed by atoms with Gasteiger partial charge in [0, 0.05) is 12.5 Å². The van der Waals surface area contributed by atoms with Crippen molar-refractivity contribution in [2.45, 2.75) is 70.9 Å². The number of allylic oxidation sites excluding steroid dienone is 1. The van der Waals surface area contributed by atoms with Gasteiger partial charge in [0.2, 0.25) is 0 Å². The van der Waals surface area contributed by atoms with E-state index in [9.17, 15) is 9.18 Å². The summed E-state index contributed by atoms with van der Waals surface area (Å²) >= 11 is 0. The average Bonchev–Trinajstić information content (AvgIpc) is 2.33. The maximum atomic E-state index is 14.2. The highest BCUT2D eigenvalue weighted by Gasteiger charge is 2.41. The number of halogens is 1. The lowest BCUT2D eigenvalue weighted by Crippen LogP contribution is -2.45. The highest BCUT2D eigenvalue weighted by Crippen LogP contribution is 2.40. The van der Waals surface area contributed by atoms with Crippen molar-refractivity contribution in [1.29, 1.82) is 0 Å². The first kappa shape index (κ1) is 19.1. The fourth-order valence-electron chi connectivity index (χ4n) is 2.19. The number of rotatable bonds is 4. The lowest BCUT2D eigenvalue weighted by molar-refractivity contribution is -0.137. The van der Waals surface area contributed by atoms with Crippen molar-refractivity contribution in [2.24, 2.45) is 0 Å². The van der Waals surface area contributed by atoms with Gasteiger partial charge in [0.15, 0.2) is 8.32 Å². The number of hydrogen-bond donors (Lipinski definition) is 0. The molecule has 1 aliphatic rings. The monoisotopic (exact) mass is 328 g/mol. The Morgan fingerprint density at radius 3 is 2.55 bits per heavy atom. The topological polar surface area (TPSA) is 35.5 Å². The van der Waals surface area contributed by atoms with Crippen molar-refractivity contribution in [3.63, 3.8) is 0 Å². The van der Waals surface area contributed by atoms with Gasteiger partial charge >= 0.3 is 5.97 Å². The van der Waals surface area contributed by atoms with E-state index in [0.717, 1.165) is 0 Å². The molecule has 5 heteroatoms. The first-order valence-corrected chi connectivity index (χ1v) is 10.8. The third-order valence-electron chi connectivity index (χ3n) is 4.55. The van der Waals surface area contributed by atoms with E-state index in [1.54, 1.807) is 6.92 Å². The Labute approximate surface area is 134 Å². The van der Waals surface area contributed by atoms with Crippen LogP contribution in [0.3, 0.4) is 0 Å². The zero-order valence-corrected chi connectivity index (χ0v) is 15.7. The maximum absolute atomic E-state index is 14.2. The van der Waals surface area contributed by atoms with Crippen LogP contribution in [0.2, 0.25) is 18.1 Å². The quantitative estimate of drug-likeness (QED) is 0.431. The van der Waals surface area contributed by atoms with E-state index in [1.807, 2.05) is 0 Å². The molecule has 0 saturated heterocycles. The van der Waals surface area contributed by atoms with Crippen LogP contribution < -0.4 is 0 Å². The van der Waals surface area contributed by atoms with E-state index in [2.05, 4.69) is 40.4 Å². The van der Waals surface area contributed by atoms with Gasteiger partial charge in [-0.3, -0.25) is 0 Å². The maximum Gasteiger partial charge on any atom is 0.331 e. The highest BCUT2D eigenvalue weighted by atomic mass is 28.4. The fraction of sp³-hybridized carbons (Fsp3) is 0.706. The normalized spacial score (nSPS) is 25.4. The molecule has 1 saturated carbocycles. The van der Waals surface area contributed by atoms with Crippen LogP contribution in [0.25, 0.3) is 0 Å². The minimum Gasteiger partial charge on any atom is -0.463 e. The van der Waals surface area contributed by atoms with E-state index >= 15 is 0 Å². The van der Waals surface area contributed by atoms with Crippen LogP contribution in [0, 0.1) is 0 Å². The zero-order chi connectivity index (χ0) is 17.1. The van der Waals surface area contributed by atoms with Crippen LogP contribution in [-0.4, -0.2) is 33.2 Å². The molecule has 0 aliphatic heterocycles. The Morgan fingerprint density at radius 1 is 1.45 bits per heavy atom. The minimum atomic E-state index is -1.97. The number of carbonyl (C=O) groups excluding carboxylic acids is 1. The number of alkyl halides is 1. The molecule has 0 radical (unpaired) electrons. The van der Waals surface area contributed by atoms with Crippen LogP contribution in [0.5, 0.6) is 0 Å². The van der Waals surface area contributed by atoms with Gasteiger partial charge in [-0.25, -0.2) is 9.18 Å². The Kier molecular flexibility index (Phi) is 6.16. The molecular weight excluding hydrogens is 299 g/mol. The molecule has 0 amide bonds. The summed E-state index contributed by atoms with van der Waals surface area (Å²) in [6, 6.07) is 0. The second-order valence-electron chi connectivity index (χ2n) is 7.35. The number of carbonyl (C=O) groups is 1. The van der Waals surface area contributed by atoms with Crippen molar-refractivity contribution >= 4 is 14.3 Å². The molecule has 2 atom stereocenters. The number of hydrogen-bond acceptors (Lipinski definition) is 3. The number of esters is 1. The van der Waals surface area contributed by atoms with Crippen LogP contribution >= 0.6 is 0 Å². The van der Waals surface area contributed by atoms with Crippen LogP contribution in [0.4, 0.5) is 4.39 Å². The largest absolute Gasteiger partial charge is 0.463 e. The van der Waals surface area contributed by atoms with Gasteiger partial charge < -0.3 is 9.16 Å². The predicted octanol–water partition coefficient (Wildman–Crippen LogP) is 4.55. The van der Waals surface area contributed by atoms with Crippen LogP contribution in [0.15, 0.2) is 23.8 Å². The molecule has 22 heavy (non-hydrogen) atoms. The Bertz CT molecular complexity index is 463. The molecule has 0 aromatic heterocycles. The summed E-state index contributed by atoms with van der Waals surface area (Å²) in [5.41, 5.74) is 0.990. The Hall–Kier alpha value is -0.943. The van der Waals surface area contributed by atoms with E-state index in [-0.39, 0.29) is 11.1 Å². The molecular formula is C17H29FO3Si. The summed E-state index contributed by atoms with van der Waals surface area (Å²) in [6.45, 7) is 16.6. The fourth-order valence-corrected chi connectivity index (χ4v) is 3.56. The van der Waals surface area contributed by atoms with E-state index < -0.39 is 20.5 Å². The minimum absolute atomic E-state index is 0.0677. The second kappa shape index (κ2) is 7.09. The second-order valence-corrected chi connectivity index (χ2v) is 12.1. The smallest absolute Gasteiger partial charge is 0.331 e. The Balaban J connectivity index is 2.88. The van der Waals surface area contributed by atoms with Gasteiger partial charge in [0.05, 0.1) is 12.7 Å². The molecule has 0 aromatic rings. The molecule has 0 aromatic carbocycles. The lowest BCUT2D eigenvalue weighted by Gasteiger charge is -2.41. The molecule has 1 aliphatic carbocycles. The Morgan fingerprint density at radius 2 is 2.05 bits per heavy atom. The van der Waals surface area contributed by atoms with Crippen molar-refractivity contribution in [3.8, 4) is 0 Å². The molecule has 0 heterocycles. The third-order valence-corrected chi connectivity index (χ3v) is 9.09. The van der Waals surface area contributed by atoms with Gasteiger partial charge in [-0.05, 0) is 42.6 Å². The molecule has 0 unspecified atom stereocenters. The van der Waals surface area contributed by atoms with Crippen LogP contribution in [0.1, 0.15) is 40.5 Å². The molecule has 3 nitrogen and oxygen atoms in total. The van der Waals surface area contributed by atoms with E-state index in [1.165, 1.54) is 6.08 Å². The summed E-state index contributed by atoms with van der Waals surface area (Å²) in [5, 5.41) is 0.0677. The van der Waals surface area contributed by atoms with Gasteiger partial charge in [-0.1, -0.05) is 27.4 Å². The van der Waals surface area contributed by atoms with Gasteiger partial charge in [-0.2, -0.15) is 0 Å². The third kappa shape index (κ3) is 4.78. The molecule has 1 fully saturated rings. The summed E-state index contributed by atoms with van der Waals surface area (Å²) in [5.74, 6) is -0.446. The first-order chi connectivity index (χ1) is 9.98. The lowest BCUT2D eigenvalue weighted by atomic mass is 9.87. The molecule has 126 valence electrons. The zero-order valence-electron chi connectivity index (χ0n) is 14.7. The van der Waals surface area contributed by atoms with Crippen molar-refractivity contribution in [1.82, 2.24) is 0 Å². The number of ether oxygens (including phenoxy) is 1. The molecule has 1 rings (SSSR count). The predicted molar refractivity (Wildman–Crippen MR) is 90.1 cm³/mol. The van der Waals surface area contributed by atoms with Gasteiger partial charge in [0.25, 0.3) is 0 Å². The summed E-state index contributed by atoms with van der Waals surface area (Å²) < 4.78 is 25.4. The average molecular weight is 329 g/mol.